The van der Waals surface area contributed by atoms with Crippen molar-refractivity contribution in [1.29, 1.82) is 0 Å². The van der Waals surface area contributed by atoms with Gasteiger partial charge in [0.15, 0.2) is 0 Å². The number of nitrogens with two attached hydrogens (primary N) is 1. The minimum atomic E-state index is 0.235. The highest BCUT2D eigenvalue weighted by Gasteiger charge is 2.22. The molecule has 1 saturated heterocycles. The summed E-state index contributed by atoms with van der Waals surface area (Å²) in [5.41, 5.74) is 5.79. The van der Waals surface area contributed by atoms with E-state index in [1.165, 1.54) is 0 Å². The normalized spacial score (nSPS) is 19.6. The molecule has 2 aromatic heterocycles. The van der Waals surface area contributed by atoms with E-state index in [0.29, 0.717) is 17.9 Å². The van der Waals surface area contributed by atoms with E-state index in [9.17, 15) is 0 Å². The zero-order valence-corrected chi connectivity index (χ0v) is 11.4. The van der Waals surface area contributed by atoms with Crippen LogP contribution in [0.1, 0.15) is 6.92 Å². The summed E-state index contributed by atoms with van der Waals surface area (Å²) in [5, 5.41) is 0. The van der Waals surface area contributed by atoms with E-state index in [-0.39, 0.29) is 5.95 Å². The predicted molar refractivity (Wildman–Crippen MR) is 75.5 cm³/mol. The highest BCUT2D eigenvalue weighted by Crippen LogP contribution is 2.21. The van der Waals surface area contributed by atoms with Crippen molar-refractivity contribution in [3.05, 3.63) is 18.7 Å². The van der Waals surface area contributed by atoms with Crippen molar-refractivity contribution in [3.8, 4) is 5.95 Å². The van der Waals surface area contributed by atoms with E-state index in [0.717, 1.165) is 18.1 Å². The maximum atomic E-state index is 5.79. The Labute approximate surface area is 115 Å². The average molecular weight is 277 g/mol. The molecule has 1 fully saturated rings. The molecule has 0 saturated carbocycles. The molecule has 8 heteroatoms. The number of hydrogen-bond donors (Lipinski definition) is 1. The lowest BCUT2D eigenvalue weighted by atomic mass is 10.3. The van der Waals surface area contributed by atoms with Crippen LogP contribution in [0.25, 0.3) is 5.95 Å². The first-order valence-electron chi connectivity index (χ1n) is 6.08. The van der Waals surface area contributed by atoms with Crippen molar-refractivity contribution >= 4 is 23.7 Å². The van der Waals surface area contributed by atoms with E-state index in [1.54, 1.807) is 23.3 Å². The van der Waals surface area contributed by atoms with Crippen molar-refractivity contribution in [2.24, 2.45) is 0 Å². The summed E-state index contributed by atoms with van der Waals surface area (Å²) >= 11 is 1.95. The Hall–Kier alpha value is -1.83. The fourth-order valence-corrected chi connectivity index (χ4v) is 3.03. The summed E-state index contributed by atoms with van der Waals surface area (Å²) in [6.07, 6.45) is 5.11. The minimum Gasteiger partial charge on any atom is -0.368 e. The van der Waals surface area contributed by atoms with E-state index < -0.39 is 0 Å². The van der Waals surface area contributed by atoms with Crippen LogP contribution >= 0.6 is 11.8 Å². The molecule has 0 amide bonds. The molecular formula is C11H15N7S. The molecule has 0 aliphatic carbocycles. The molecule has 19 heavy (non-hydrogen) atoms. The van der Waals surface area contributed by atoms with Gasteiger partial charge in [0.25, 0.3) is 0 Å². The van der Waals surface area contributed by atoms with E-state index in [4.69, 9.17) is 5.73 Å². The molecule has 0 radical (unpaired) electrons. The number of nitrogen functional groups attached to an aromatic ring is 1. The van der Waals surface area contributed by atoms with Crippen molar-refractivity contribution in [3.63, 3.8) is 0 Å². The average Bonchev–Trinajstić information content (AvgIpc) is 2.92. The third kappa shape index (κ3) is 2.48. The zero-order valence-electron chi connectivity index (χ0n) is 10.6. The summed E-state index contributed by atoms with van der Waals surface area (Å²) in [7, 11) is 0. The van der Waals surface area contributed by atoms with Crippen LogP contribution < -0.4 is 10.6 Å². The number of rotatable bonds is 2. The molecule has 1 atom stereocenters. The summed E-state index contributed by atoms with van der Waals surface area (Å²) in [6.45, 7) is 3.10. The van der Waals surface area contributed by atoms with Crippen LogP contribution in [0.5, 0.6) is 0 Å². The first-order chi connectivity index (χ1) is 9.24. The van der Waals surface area contributed by atoms with E-state index in [2.05, 4.69) is 31.8 Å². The molecule has 1 aliphatic rings. The van der Waals surface area contributed by atoms with Crippen LogP contribution in [-0.4, -0.2) is 48.6 Å². The molecule has 100 valence electrons. The Morgan fingerprint density at radius 2 is 2.16 bits per heavy atom. The van der Waals surface area contributed by atoms with E-state index in [1.807, 2.05) is 11.8 Å². The van der Waals surface area contributed by atoms with Gasteiger partial charge in [-0.15, -0.1) is 0 Å². The number of aromatic nitrogens is 5. The first-order valence-corrected chi connectivity index (χ1v) is 7.24. The third-order valence-corrected chi connectivity index (χ3v) is 4.18. The van der Waals surface area contributed by atoms with Gasteiger partial charge in [-0.2, -0.15) is 26.7 Å². The molecule has 0 spiro atoms. The van der Waals surface area contributed by atoms with Crippen molar-refractivity contribution in [2.45, 2.75) is 13.0 Å². The van der Waals surface area contributed by atoms with Gasteiger partial charge in [-0.05, 0) is 6.92 Å². The van der Waals surface area contributed by atoms with Gasteiger partial charge in [0.1, 0.15) is 6.33 Å². The lowest BCUT2D eigenvalue weighted by Crippen LogP contribution is -2.41. The first kappa shape index (κ1) is 12.2. The largest absolute Gasteiger partial charge is 0.368 e. The fourth-order valence-electron chi connectivity index (χ4n) is 2.01. The van der Waals surface area contributed by atoms with Crippen LogP contribution in [-0.2, 0) is 0 Å². The van der Waals surface area contributed by atoms with Crippen molar-refractivity contribution in [2.75, 3.05) is 28.7 Å². The Bertz CT molecular complexity index is 556. The lowest BCUT2D eigenvalue weighted by Gasteiger charge is -2.33. The second-order valence-electron chi connectivity index (χ2n) is 4.38. The number of anilines is 2. The standard InChI is InChI=1S/C11H15N7S/c1-8-6-19-5-4-18(8)11-15-9(12)14-10(16-11)17-3-2-13-7-17/h2-3,7-8H,4-6H2,1H3,(H2,12,14,15,16). The molecule has 2 N–H and O–H groups in total. The maximum absolute atomic E-state index is 5.79. The molecule has 0 bridgehead atoms. The van der Waals surface area contributed by atoms with Gasteiger partial charge in [-0.1, -0.05) is 0 Å². The molecule has 1 aliphatic heterocycles. The van der Waals surface area contributed by atoms with Crippen molar-refractivity contribution < 1.29 is 0 Å². The summed E-state index contributed by atoms with van der Waals surface area (Å²) in [4.78, 5) is 19.1. The predicted octanol–water partition coefficient (Wildman–Crippen LogP) is 0.581. The van der Waals surface area contributed by atoms with Gasteiger partial charge >= 0.3 is 0 Å². The molecule has 3 rings (SSSR count). The topological polar surface area (TPSA) is 85.8 Å². The van der Waals surface area contributed by atoms with Gasteiger partial charge in [0.2, 0.25) is 17.8 Å². The summed E-state index contributed by atoms with van der Waals surface area (Å²) < 4.78 is 1.73. The molecule has 1 unspecified atom stereocenters. The van der Waals surface area contributed by atoms with Crippen LogP contribution in [0.3, 0.4) is 0 Å². The molecule has 7 nitrogen and oxygen atoms in total. The highest BCUT2D eigenvalue weighted by molar-refractivity contribution is 7.99. The quantitative estimate of drug-likeness (QED) is 0.859. The van der Waals surface area contributed by atoms with Crippen LogP contribution in [0.2, 0.25) is 0 Å². The monoisotopic (exact) mass is 277 g/mol. The second-order valence-corrected chi connectivity index (χ2v) is 5.53. The summed E-state index contributed by atoms with van der Waals surface area (Å²) in [5.74, 6) is 3.54. The van der Waals surface area contributed by atoms with Gasteiger partial charge < -0.3 is 10.6 Å². The molecule has 0 aromatic carbocycles. The van der Waals surface area contributed by atoms with Crippen LogP contribution in [0, 0.1) is 0 Å². The van der Waals surface area contributed by atoms with Gasteiger partial charge in [0.05, 0.1) is 0 Å². The van der Waals surface area contributed by atoms with Crippen LogP contribution in [0.15, 0.2) is 18.7 Å². The Morgan fingerprint density at radius 3 is 2.89 bits per heavy atom. The molecule has 3 heterocycles. The number of thioether (sulfide) groups is 1. The molecular weight excluding hydrogens is 262 g/mol. The lowest BCUT2D eigenvalue weighted by molar-refractivity contribution is 0.672. The Morgan fingerprint density at radius 1 is 1.32 bits per heavy atom. The third-order valence-electron chi connectivity index (χ3n) is 2.99. The highest BCUT2D eigenvalue weighted by atomic mass is 32.2. The fraction of sp³-hybridized carbons (Fsp3) is 0.455. The Kier molecular flexibility index (Phi) is 3.24. The number of hydrogen-bond acceptors (Lipinski definition) is 7. The number of imidazole rings is 1. The maximum Gasteiger partial charge on any atom is 0.241 e. The number of nitrogens with zero attached hydrogens (tertiary/aromatic N) is 6. The smallest absolute Gasteiger partial charge is 0.241 e. The van der Waals surface area contributed by atoms with Gasteiger partial charge in [-0.25, -0.2) is 4.98 Å². The summed E-state index contributed by atoms with van der Waals surface area (Å²) in [6, 6.07) is 0.399. The van der Waals surface area contributed by atoms with E-state index >= 15 is 0 Å². The van der Waals surface area contributed by atoms with Gasteiger partial charge in [0, 0.05) is 36.5 Å². The van der Waals surface area contributed by atoms with Gasteiger partial charge in [-0.3, -0.25) is 4.57 Å². The Balaban J connectivity index is 1.97. The molecule has 2 aromatic rings. The SMILES string of the molecule is CC1CSCCN1c1nc(N)nc(-n2ccnc2)n1. The second kappa shape index (κ2) is 5.04. The van der Waals surface area contributed by atoms with Crippen molar-refractivity contribution in [1.82, 2.24) is 24.5 Å². The minimum absolute atomic E-state index is 0.235. The zero-order chi connectivity index (χ0) is 13.2. The van der Waals surface area contributed by atoms with Crippen LogP contribution in [0.4, 0.5) is 11.9 Å².